The summed E-state index contributed by atoms with van der Waals surface area (Å²) in [4.78, 5) is 26.4. The van der Waals surface area contributed by atoms with Gasteiger partial charge in [0, 0.05) is 30.1 Å². The molecule has 2 aromatic rings. The standard InChI is InChI=1S/C17H17F2N3O2S/c1-10-13(9-25-21-10)16(23)20-15-3-2-6-22(17(15)24)8-11-4-5-12(18)7-14(11)19/h4-5,7,9,15H,2-3,6,8H2,1H3,(H,20,23). The monoisotopic (exact) mass is 365 g/mol. The van der Waals surface area contributed by atoms with Crippen molar-refractivity contribution >= 4 is 23.3 Å². The van der Waals surface area contributed by atoms with E-state index in [1.54, 1.807) is 12.3 Å². The number of rotatable bonds is 4. The Bertz CT molecular complexity index is 809. The van der Waals surface area contributed by atoms with Crippen molar-refractivity contribution in [3.05, 3.63) is 52.0 Å². The van der Waals surface area contributed by atoms with E-state index in [1.165, 1.54) is 28.6 Å². The molecule has 1 aromatic carbocycles. The highest BCUT2D eigenvalue weighted by atomic mass is 32.1. The number of carbonyl (C=O) groups is 2. The summed E-state index contributed by atoms with van der Waals surface area (Å²) in [5, 5.41) is 4.38. The molecule has 132 valence electrons. The molecule has 0 aliphatic carbocycles. The maximum Gasteiger partial charge on any atom is 0.254 e. The Morgan fingerprint density at radius 1 is 1.44 bits per heavy atom. The number of carbonyl (C=O) groups excluding carboxylic acids is 2. The van der Waals surface area contributed by atoms with E-state index in [4.69, 9.17) is 0 Å². The lowest BCUT2D eigenvalue weighted by Gasteiger charge is -2.32. The van der Waals surface area contributed by atoms with Crippen molar-refractivity contribution in [2.45, 2.75) is 32.4 Å². The third-order valence-corrected chi connectivity index (χ3v) is 4.93. The average molecular weight is 365 g/mol. The first-order chi connectivity index (χ1) is 12.0. The van der Waals surface area contributed by atoms with Crippen LogP contribution in [0.3, 0.4) is 0 Å². The molecule has 1 saturated heterocycles. The van der Waals surface area contributed by atoms with Crippen molar-refractivity contribution in [1.82, 2.24) is 14.6 Å². The lowest BCUT2D eigenvalue weighted by Crippen LogP contribution is -2.52. The van der Waals surface area contributed by atoms with Crippen LogP contribution >= 0.6 is 11.5 Å². The topological polar surface area (TPSA) is 62.3 Å². The SMILES string of the molecule is Cc1nscc1C(=O)NC1CCCN(Cc2ccc(F)cc2F)C1=O. The van der Waals surface area contributed by atoms with Gasteiger partial charge in [-0.2, -0.15) is 4.37 Å². The third-order valence-electron chi connectivity index (χ3n) is 4.21. The largest absolute Gasteiger partial charge is 0.340 e. The smallest absolute Gasteiger partial charge is 0.254 e. The molecule has 1 aliphatic rings. The fourth-order valence-corrected chi connectivity index (χ4v) is 3.53. The molecule has 8 heteroatoms. The molecule has 1 N–H and O–H groups in total. The van der Waals surface area contributed by atoms with Gasteiger partial charge >= 0.3 is 0 Å². The lowest BCUT2D eigenvalue weighted by molar-refractivity contribution is -0.136. The number of amides is 2. The number of nitrogens with one attached hydrogen (secondary N) is 1. The highest BCUT2D eigenvalue weighted by Crippen LogP contribution is 2.18. The van der Waals surface area contributed by atoms with Crippen molar-refractivity contribution in [3.8, 4) is 0 Å². The number of aryl methyl sites for hydroxylation is 1. The fraction of sp³-hybridized carbons (Fsp3) is 0.353. The highest BCUT2D eigenvalue weighted by molar-refractivity contribution is 7.03. The Balaban J connectivity index is 1.68. The minimum absolute atomic E-state index is 0.0519. The summed E-state index contributed by atoms with van der Waals surface area (Å²) in [6.45, 7) is 2.26. The van der Waals surface area contributed by atoms with Gasteiger partial charge in [-0.1, -0.05) is 6.07 Å². The zero-order valence-electron chi connectivity index (χ0n) is 13.6. The normalized spacial score (nSPS) is 17.6. The molecular formula is C17H17F2N3O2S. The zero-order chi connectivity index (χ0) is 18.0. The molecule has 5 nitrogen and oxygen atoms in total. The second kappa shape index (κ2) is 7.26. The number of aromatic nitrogens is 1. The first-order valence-corrected chi connectivity index (χ1v) is 8.74. The van der Waals surface area contributed by atoms with Crippen molar-refractivity contribution in [2.75, 3.05) is 6.54 Å². The van der Waals surface area contributed by atoms with Crippen molar-refractivity contribution in [2.24, 2.45) is 0 Å². The predicted molar refractivity (Wildman–Crippen MR) is 89.1 cm³/mol. The van der Waals surface area contributed by atoms with Crippen LogP contribution in [-0.2, 0) is 11.3 Å². The second-order valence-electron chi connectivity index (χ2n) is 5.98. The number of benzene rings is 1. The molecule has 0 radical (unpaired) electrons. The van der Waals surface area contributed by atoms with Crippen LogP contribution in [0.1, 0.15) is 34.5 Å². The number of hydrogen-bond acceptors (Lipinski definition) is 4. The van der Waals surface area contributed by atoms with E-state index in [9.17, 15) is 18.4 Å². The van der Waals surface area contributed by atoms with Crippen molar-refractivity contribution in [1.29, 1.82) is 0 Å². The molecule has 2 amide bonds. The van der Waals surface area contributed by atoms with Crippen LogP contribution in [0.25, 0.3) is 0 Å². The quantitative estimate of drug-likeness (QED) is 0.906. The Labute approximate surface area is 147 Å². The van der Waals surface area contributed by atoms with Gasteiger partial charge < -0.3 is 10.2 Å². The summed E-state index contributed by atoms with van der Waals surface area (Å²) in [5.41, 5.74) is 1.33. The summed E-state index contributed by atoms with van der Waals surface area (Å²) < 4.78 is 30.9. The van der Waals surface area contributed by atoms with E-state index < -0.39 is 17.7 Å². The van der Waals surface area contributed by atoms with Crippen LogP contribution < -0.4 is 5.32 Å². The molecule has 1 aliphatic heterocycles. The Morgan fingerprint density at radius 2 is 2.24 bits per heavy atom. The summed E-state index contributed by atoms with van der Waals surface area (Å²) in [5.74, 6) is -1.93. The van der Waals surface area contributed by atoms with Gasteiger partial charge in [0.05, 0.1) is 11.3 Å². The van der Waals surface area contributed by atoms with Crippen molar-refractivity contribution in [3.63, 3.8) is 0 Å². The first-order valence-electron chi connectivity index (χ1n) is 7.90. The summed E-state index contributed by atoms with van der Waals surface area (Å²) in [6.07, 6.45) is 1.23. The van der Waals surface area contributed by atoms with E-state index >= 15 is 0 Å². The molecule has 2 heterocycles. The zero-order valence-corrected chi connectivity index (χ0v) is 14.4. The van der Waals surface area contributed by atoms with E-state index in [2.05, 4.69) is 9.69 Å². The van der Waals surface area contributed by atoms with Gasteiger partial charge in [-0.05, 0) is 37.4 Å². The van der Waals surface area contributed by atoms with Gasteiger partial charge in [-0.15, -0.1) is 0 Å². The summed E-state index contributed by atoms with van der Waals surface area (Å²) in [7, 11) is 0. The molecule has 1 unspecified atom stereocenters. The molecule has 1 aromatic heterocycles. The molecule has 1 atom stereocenters. The van der Waals surface area contributed by atoms with Crippen LogP contribution in [0.15, 0.2) is 23.6 Å². The minimum atomic E-state index is -0.682. The van der Waals surface area contributed by atoms with E-state index in [0.29, 0.717) is 30.6 Å². The molecule has 3 rings (SSSR count). The average Bonchev–Trinajstić information content (AvgIpc) is 3.00. The summed E-state index contributed by atoms with van der Waals surface area (Å²) in [6, 6.07) is 2.65. The van der Waals surface area contributed by atoms with Crippen molar-refractivity contribution < 1.29 is 18.4 Å². The highest BCUT2D eigenvalue weighted by Gasteiger charge is 2.31. The third kappa shape index (κ3) is 3.84. The number of nitrogens with zero attached hydrogens (tertiary/aromatic N) is 2. The maximum absolute atomic E-state index is 13.8. The van der Waals surface area contributed by atoms with E-state index in [1.807, 2.05) is 0 Å². The Hall–Kier alpha value is -2.35. The Kier molecular flexibility index (Phi) is 5.08. The molecule has 1 fully saturated rings. The van der Waals surface area contributed by atoms with Gasteiger partial charge in [-0.3, -0.25) is 9.59 Å². The van der Waals surface area contributed by atoms with Gasteiger partial charge in [0.2, 0.25) is 5.91 Å². The van der Waals surface area contributed by atoms with Crippen LogP contribution in [0.4, 0.5) is 8.78 Å². The molecular weight excluding hydrogens is 348 g/mol. The van der Waals surface area contributed by atoms with Crippen LogP contribution in [0.2, 0.25) is 0 Å². The molecule has 25 heavy (non-hydrogen) atoms. The predicted octanol–water partition coefficient (Wildman–Crippen LogP) is 2.65. The number of piperidine rings is 1. The van der Waals surface area contributed by atoms with Gasteiger partial charge in [0.1, 0.15) is 17.7 Å². The molecule has 0 bridgehead atoms. The Morgan fingerprint density at radius 3 is 2.92 bits per heavy atom. The van der Waals surface area contributed by atoms with Crippen LogP contribution in [0, 0.1) is 18.6 Å². The van der Waals surface area contributed by atoms with Crippen LogP contribution in [0.5, 0.6) is 0 Å². The maximum atomic E-state index is 13.8. The first kappa shape index (κ1) is 17.5. The summed E-state index contributed by atoms with van der Waals surface area (Å²) >= 11 is 1.18. The molecule has 0 spiro atoms. The molecule has 0 saturated carbocycles. The van der Waals surface area contributed by atoms with Gasteiger partial charge in [0.15, 0.2) is 0 Å². The minimum Gasteiger partial charge on any atom is -0.340 e. The van der Waals surface area contributed by atoms with E-state index in [0.717, 1.165) is 6.07 Å². The number of halogens is 2. The second-order valence-corrected chi connectivity index (χ2v) is 6.61. The number of likely N-dealkylation sites (tertiary alicyclic amines) is 1. The number of hydrogen-bond donors (Lipinski definition) is 1. The van der Waals surface area contributed by atoms with Gasteiger partial charge in [0.25, 0.3) is 5.91 Å². The lowest BCUT2D eigenvalue weighted by atomic mass is 10.0. The van der Waals surface area contributed by atoms with Crippen LogP contribution in [-0.4, -0.2) is 33.7 Å². The van der Waals surface area contributed by atoms with Gasteiger partial charge in [-0.25, -0.2) is 8.78 Å². The van der Waals surface area contributed by atoms with E-state index in [-0.39, 0.29) is 23.9 Å². The fourth-order valence-electron chi connectivity index (χ4n) is 2.83.